The molecule has 0 aliphatic heterocycles. The van der Waals surface area contributed by atoms with Crippen molar-refractivity contribution in [1.29, 1.82) is 0 Å². The summed E-state index contributed by atoms with van der Waals surface area (Å²) in [5, 5.41) is 5.64. The summed E-state index contributed by atoms with van der Waals surface area (Å²) in [4.78, 5) is 0. The van der Waals surface area contributed by atoms with Crippen LogP contribution in [-0.4, -0.2) is 0 Å². The number of hydrogen-bond acceptors (Lipinski definition) is 1. The number of furan rings is 1. The first kappa shape index (κ1) is 17.0. The molecule has 0 spiro atoms. The summed E-state index contributed by atoms with van der Waals surface area (Å²) in [5.74, 6) is 0. The predicted molar refractivity (Wildman–Crippen MR) is 96.8 cm³/mol. The maximum Gasteiger partial charge on any atom is 0.0902 e. The summed E-state index contributed by atoms with van der Waals surface area (Å²) in [6.07, 6.45) is 8.47. The Morgan fingerprint density at radius 3 is 2.17 bits per heavy atom. The van der Waals surface area contributed by atoms with Crippen molar-refractivity contribution in [3.63, 3.8) is 0 Å². The van der Waals surface area contributed by atoms with Crippen LogP contribution in [-0.2, 0) is 33.9 Å². The number of rotatable bonds is 0. The summed E-state index contributed by atoms with van der Waals surface area (Å²) >= 11 is 0. The Kier molecular flexibility index (Phi) is 5.53. The minimum atomic E-state index is 0. The molecule has 1 aliphatic carbocycles. The topological polar surface area (TPSA) is 13.1 Å². The average molecular weight is 495 g/mol. The van der Waals surface area contributed by atoms with Gasteiger partial charge in [0.15, 0.2) is 0 Å². The molecule has 2 heteroatoms. The first-order valence-corrected chi connectivity index (χ1v) is 8.33. The van der Waals surface area contributed by atoms with Crippen LogP contribution < -0.4 is 0 Å². The zero-order chi connectivity index (χ0) is 15.5. The van der Waals surface area contributed by atoms with Gasteiger partial charge in [0.05, 0.1) is 12.5 Å². The first-order valence-electron chi connectivity index (χ1n) is 8.33. The number of fused-ring (bicyclic) bond motifs is 5. The molecule has 0 amide bonds. The standard InChI is InChI=1S/C18H16.C4H4O.Pt/c1-3-7-15-13(5-1)9-11-18-16-8-4-2-6-14(16)10-12-17(15)18;1-2-4-5-3-1;/h1,3,5,7,9-12H,2,4,6,8H2;1-4H;. The smallest absolute Gasteiger partial charge is 0.0902 e. The van der Waals surface area contributed by atoms with Gasteiger partial charge in [0, 0.05) is 21.1 Å². The second kappa shape index (κ2) is 7.81. The van der Waals surface area contributed by atoms with E-state index in [-0.39, 0.29) is 21.1 Å². The Bertz CT molecular complexity index is 908. The molecule has 4 aromatic rings. The minimum Gasteiger partial charge on any atom is -0.473 e. The molecule has 0 fully saturated rings. The van der Waals surface area contributed by atoms with E-state index in [4.69, 9.17) is 0 Å². The van der Waals surface area contributed by atoms with E-state index in [1.54, 1.807) is 23.7 Å². The van der Waals surface area contributed by atoms with Gasteiger partial charge in [-0.1, -0.05) is 48.5 Å². The Morgan fingerprint density at radius 2 is 1.38 bits per heavy atom. The van der Waals surface area contributed by atoms with Crippen molar-refractivity contribution < 1.29 is 25.5 Å². The first-order chi connectivity index (χ1) is 11.4. The van der Waals surface area contributed by atoms with E-state index in [1.165, 1.54) is 47.2 Å². The molecular formula is C22H20OPt. The van der Waals surface area contributed by atoms with Gasteiger partial charge in [-0.15, -0.1) is 0 Å². The van der Waals surface area contributed by atoms with E-state index in [0.29, 0.717) is 0 Å². The van der Waals surface area contributed by atoms with Crippen LogP contribution in [0.15, 0.2) is 77.6 Å². The minimum absolute atomic E-state index is 0. The maximum absolute atomic E-state index is 4.58. The molecule has 0 N–H and O–H groups in total. The van der Waals surface area contributed by atoms with Crippen molar-refractivity contribution in [2.24, 2.45) is 0 Å². The molecule has 24 heavy (non-hydrogen) atoms. The van der Waals surface area contributed by atoms with Crippen LogP contribution in [0, 0.1) is 0 Å². The molecular weight excluding hydrogens is 475 g/mol. The summed E-state index contributed by atoms with van der Waals surface area (Å²) in [6, 6.07) is 21.6. The fourth-order valence-corrected chi connectivity index (χ4v) is 3.57. The second-order valence-electron chi connectivity index (χ2n) is 6.09. The van der Waals surface area contributed by atoms with Crippen LogP contribution in [0.3, 0.4) is 0 Å². The van der Waals surface area contributed by atoms with Crippen LogP contribution in [0.2, 0.25) is 0 Å². The van der Waals surface area contributed by atoms with Crippen molar-refractivity contribution in [1.82, 2.24) is 0 Å². The molecule has 0 unspecified atom stereocenters. The number of aryl methyl sites for hydroxylation is 2. The van der Waals surface area contributed by atoms with E-state index in [9.17, 15) is 0 Å². The molecule has 1 heterocycles. The summed E-state index contributed by atoms with van der Waals surface area (Å²) < 4.78 is 4.58. The molecule has 0 radical (unpaired) electrons. The quantitative estimate of drug-likeness (QED) is 0.267. The van der Waals surface area contributed by atoms with Crippen LogP contribution in [0.1, 0.15) is 24.0 Å². The number of hydrogen-bond donors (Lipinski definition) is 0. The normalized spacial score (nSPS) is 12.8. The second-order valence-corrected chi connectivity index (χ2v) is 6.09. The van der Waals surface area contributed by atoms with Gasteiger partial charge in [0.1, 0.15) is 0 Å². The Balaban J connectivity index is 0.000000245. The average Bonchev–Trinajstić information content (AvgIpc) is 3.21. The third-order valence-electron chi connectivity index (χ3n) is 4.68. The van der Waals surface area contributed by atoms with Crippen molar-refractivity contribution >= 4 is 21.5 Å². The van der Waals surface area contributed by atoms with Gasteiger partial charge in [0.2, 0.25) is 0 Å². The molecule has 0 bridgehead atoms. The van der Waals surface area contributed by atoms with Crippen LogP contribution in [0.5, 0.6) is 0 Å². The molecule has 124 valence electrons. The fraction of sp³-hybridized carbons (Fsp3) is 0.182. The van der Waals surface area contributed by atoms with Gasteiger partial charge < -0.3 is 4.42 Å². The van der Waals surface area contributed by atoms with Gasteiger partial charge >= 0.3 is 0 Å². The van der Waals surface area contributed by atoms with Crippen LogP contribution >= 0.6 is 0 Å². The van der Waals surface area contributed by atoms with Gasteiger partial charge in [-0.05, 0) is 70.5 Å². The predicted octanol–water partition coefficient (Wildman–Crippen LogP) is 6.15. The third kappa shape index (κ3) is 3.32. The molecule has 0 atom stereocenters. The van der Waals surface area contributed by atoms with Crippen LogP contribution in [0.4, 0.5) is 0 Å². The molecule has 5 rings (SSSR count). The molecule has 1 aromatic heterocycles. The largest absolute Gasteiger partial charge is 0.473 e. The monoisotopic (exact) mass is 495 g/mol. The third-order valence-corrected chi connectivity index (χ3v) is 4.68. The van der Waals surface area contributed by atoms with Gasteiger partial charge in [-0.3, -0.25) is 0 Å². The summed E-state index contributed by atoms with van der Waals surface area (Å²) in [5.41, 5.74) is 3.17. The zero-order valence-electron chi connectivity index (χ0n) is 13.5. The van der Waals surface area contributed by atoms with Gasteiger partial charge in [0.25, 0.3) is 0 Å². The fourth-order valence-electron chi connectivity index (χ4n) is 3.57. The maximum atomic E-state index is 4.58. The Labute approximate surface area is 156 Å². The van der Waals surface area contributed by atoms with E-state index in [0.717, 1.165) is 0 Å². The van der Waals surface area contributed by atoms with E-state index < -0.39 is 0 Å². The van der Waals surface area contributed by atoms with Crippen molar-refractivity contribution in [2.45, 2.75) is 25.7 Å². The summed E-state index contributed by atoms with van der Waals surface area (Å²) in [7, 11) is 0. The molecule has 0 saturated carbocycles. The summed E-state index contributed by atoms with van der Waals surface area (Å²) in [6.45, 7) is 0. The SMILES string of the molecule is [Pt].c1ccc2c(c1)ccc1c3c(ccc12)CCCC3.c1ccoc1. The molecule has 0 saturated heterocycles. The van der Waals surface area contributed by atoms with Crippen molar-refractivity contribution in [3.05, 3.63) is 84.3 Å². The van der Waals surface area contributed by atoms with E-state index in [2.05, 4.69) is 52.9 Å². The van der Waals surface area contributed by atoms with Gasteiger partial charge in [-0.25, -0.2) is 0 Å². The van der Waals surface area contributed by atoms with Gasteiger partial charge in [-0.2, -0.15) is 0 Å². The van der Waals surface area contributed by atoms with E-state index in [1.807, 2.05) is 12.1 Å². The number of benzene rings is 3. The Morgan fingerprint density at radius 1 is 0.625 bits per heavy atom. The molecule has 1 nitrogen and oxygen atoms in total. The molecule has 1 aliphatic rings. The van der Waals surface area contributed by atoms with Crippen molar-refractivity contribution in [3.8, 4) is 0 Å². The van der Waals surface area contributed by atoms with Crippen LogP contribution in [0.25, 0.3) is 21.5 Å². The zero-order valence-corrected chi connectivity index (χ0v) is 15.8. The van der Waals surface area contributed by atoms with E-state index >= 15 is 0 Å². The van der Waals surface area contributed by atoms with Crippen molar-refractivity contribution in [2.75, 3.05) is 0 Å². The Hall–Kier alpha value is -1.85. The molecule has 3 aromatic carbocycles.